The zero-order valence-corrected chi connectivity index (χ0v) is 16.6. The Hall–Kier alpha value is -2.82. The maximum Gasteiger partial charge on any atom is 0.410 e. The van der Waals surface area contributed by atoms with Crippen molar-refractivity contribution in [3.05, 3.63) is 71.8 Å². The number of ether oxygens (including phenoxy) is 1. The number of benzene rings is 2. The molecular formula is C23H28N2O3. The molecule has 1 heterocycles. The Morgan fingerprint density at radius 3 is 2.25 bits per heavy atom. The lowest BCUT2D eigenvalue weighted by molar-refractivity contribution is -0.138. The van der Waals surface area contributed by atoms with Crippen molar-refractivity contribution in [3.63, 3.8) is 0 Å². The van der Waals surface area contributed by atoms with Crippen LogP contribution in [0, 0.1) is 0 Å². The monoisotopic (exact) mass is 380 g/mol. The molecule has 1 aliphatic heterocycles. The summed E-state index contributed by atoms with van der Waals surface area (Å²) in [5.74, 6) is -0.00647. The maximum atomic E-state index is 13.3. The minimum Gasteiger partial charge on any atom is -0.445 e. The molecule has 0 spiro atoms. The van der Waals surface area contributed by atoms with Crippen LogP contribution in [-0.2, 0) is 22.7 Å². The number of carbonyl (C=O) groups is 2. The summed E-state index contributed by atoms with van der Waals surface area (Å²) >= 11 is 0. The van der Waals surface area contributed by atoms with Gasteiger partial charge in [-0.15, -0.1) is 0 Å². The lowest BCUT2D eigenvalue weighted by Crippen LogP contribution is -2.49. The molecule has 2 aromatic carbocycles. The smallest absolute Gasteiger partial charge is 0.410 e. The lowest BCUT2D eigenvalue weighted by atomic mass is 10.1. The molecule has 0 bridgehead atoms. The van der Waals surface area contributed by atoms with Gasteiger partial charge in [0.05, 0.1) is 0 Å². The summed E-state index contributed by atoms with van der Waals surface area (Å²) in [5.41, 5.74) is 2.02. The van der Waals surface area contributed by atoms with Crippen LogP contribution in [0.1, 0.15) is 37.8 Å². The van der Waals surface area contributed by atoms with Crippen LogP contribution in [-0.4, -0.2) is 40.4 Å². The molecule has 0 N–H and O–H groups in total. The number of carbonyl (C=O) groups excluding carboxylic acids is 2. The fourth-order valence-corrected chi connectivity index (χ4v) is 3.53. The van der Waals surface area contributed by atoms with Crippen molar-refractivity contribution in [2.24, 2.45) is 0 Å². The van der Waals surface area contributed by atoms with Gasteiger partial charge >= 0.3 is 6.09 Å². The first-order chi connectivity index (χ1) is 13.6. The van der Waals surface area contributed by atoms with E-state index in [2.05, 4.69) is 0 Å². The van der Waals surface area contributed by atoms with E-state index in [4.69, 9.17) is 4.74 Å². The normalized spacial score (nSPS) is 16.2. The van der Waals surface area contributed by atoms with Crippen LogP contribution in [0.3, 0.4) is 0 Å². The predicted molar refractivity (Wildman–Crippen MR) is 108 cm³/mol. The first-order valence-corrected chi connectivity index (χ1v) is 9.88. The average Bonchev–Trinajstić information content (AvgIpc) is 3.21. The van der Waals surface area contributed by atoms with Crippen molar-refractivity contribution in [3.8, 4) is 0 Å². The lowest BCUT2D eigenvalue weighted by Gasteiger charge is -2.32. The molecule has 1 unspecified atom stereocenters. The van der Waals surface area contributed by atoms with Crippen LogP contribution < -0.4 is 0 Å². The molecule has 2 aromatic rings. The summed E-state index contributed by atoms with van der Waals surface area (Å²) in [5, 5.41) is 0. The molecule has 1 saturated heterocycles. The van der Waals surface area contributed by atoms with E-state index in [1.807, 2.05) is 79.4 Å². The summed E-state index contributed by atoms with van der Waals surface area (Å²) < 4.78 is 5.47. The van der Waals surface area contributed by atoms with Crippen molar-refractivity contribution in [1.29, 1.82) is 0 Å². The van der Waals surface area contributed by atoms with E-state index in [0.29, 0.717) is 19.5 Å². The van der Waals surface area contributed by atoms with Crippen molar-refractivity contribution < 1.29 is 14.3 Å². The number of amides is 2. The number of hydrogen-bond donors (Lipinski definition) is 0. The Bertz CT molecular complexity index is 777. The van der Waals surface area contributed by atoms with Crippen molar-refractivity contribution in [2.75, 3.05) is 6.54 Å². The molecule has 0 aliphatic carbocycles. The van der Waals surface area contributed by atoms with E-state index >= 15 is 0 Å². The number of rotatable bonds is 6. The summed E-state index contributed by atoms with van der Waals surface area (Å²) in [7, 11) is 0. The van der Waals surface area contributed by atoms with Gasteiger partial charge in [-0.25, -0.2) is 4.79 Å². The first-order valence-electron chi connectivity index (χ1n) is 9.88. The van der Waals surface area contributed by atoms with Gasteiger partial charge in [-0.3, -0.25) is 9.69 Å². The second-order valence-electron chi connectivity index (χ2n) is 7.44. The molecule has 0 saturated carbocycles. The molecule has 2 amide bonds. The Morgan fingerprint density at radius 1 is 1.04 bits per heavy atom. The third-order valence-corrected chi connectivity index (χ3v) is 5.08. The van der Waals surface area contributed by atoms with E-state index in [1.54, 1.807) is 4.90 Å². The van der Waals surface area contributed by atoms with Gasteiger partial charge in [-0.1, -0.05) is 60.7 Å². The number of hydrogen-bond acceptors (Lipinski definition) is 3. The Balaban J connectivity index is 1.65. The van der Waals surface area contributed by atoms with Crippen molar-refractivity contribution in [2.45, 2.75) is 51.9 Å². The van der Waals surface area contributed by atoms with Crippen molar-refractivity contribution in [1.82, 2.24) is 9.80 Å². The van der Waals surface area contributed by atoms with Gasteiger partial charge in [0.2, 0.25) is 5.91 Å². The van der Waals surface area contributed by atoms with Gasteiger partial charge < -0.3 is 9.64 Å². The topological polar surface area (TPSA) is 49.9 Å². The summed E-state index contributed by atoms with van der Waals surface area (Å²) in [4.78, 5) is 29.3. The molecule has 5 nitrogen and oxygen atoms in total. The highest BCUT2D eigenvalue weighted by atomic mass is 16.6. The van der Waals surface area contributed by atoms with Crippen LogP contribution in [0.4, 0.5) is 4.79 Å². The Labute approximate surface area is 166 Å². The Kier molecular flexibility index (Phi) is 6.69. The highest BCUT2D eigenvalue weighted by molar-refractivity contribution is 5.86. The van der Waals surface area contributed by atoms with E-state index < -0.39 is 12.1 Å². The second kappa shape index (κ2) is 9.40. The largest absolute Gasteiger partial charge is 0.445 e. The van der Waals surface area contributed by atoms with Crippen LogP contribution in [0.15, 0.2) is 60.7 Å². The molecule has 0 aromatic heterocycles. The van der Waals surface area contributed by atoms with Gasteiger partial charge in [0.25, 0.3) is 0 Å². The summed E-state index contributed by atoms with van der Waals surface area (Å²) in [6, 6.07) is 19.1. The van der Waals surface area contributed by atoms with E-state index in [1.165, 1.54) is 0 Å². The van der Waals surface area contributed by atoms with Gasteiger partial charge in [0, 0.05) is 19.1 Å². The Morgan fingerprint density at radius 2 is 1.64 bits per heavy atom. The molecule has 1 atom stereocenters. The molecule has 1 fully saturated rings. The standard InChI is InChI=1S/C23H28N2O3/c1-18(2)25(16-19-10-5-3-6-11-19)22(26)21-14-9-15-24(21)23(27)28-17-20-12-7-4-8-13-20/h3-8,10-13,18,21H,9,14-17H2,1-2H3. The highest BCUT2D eigenvalue weighted by Crippen LogP contribution is 2.23. The molecule has 3 rings (SSSR count). The SMILES string of the molecule is CC(C)N(Cc1ccccc1)C(=O)C1CCCN1C(=O)OCc1ccccc1. The van der Waals surface area contributed by atoms with Crippen LogP contribution >= 0.6 is 0 Å². The highest BCUT2D eigenvalue weighted by Gasteiger charge is 2.38. The fourth-order valence-electron chi connectivity index (χ4n) is 3.53. The molecule has 5 heteroatoms. The average molecular weight is 380 g/mol. The summed E-state index contributed by atoms with van der Waals surface area (Å²) in [6.45, 7) is 5.33. The minimum absolute atomic E-state index is 0.00647. The van der Waals surface area contributed by atoms with E-state index in [0.717, 1.165) is 17.5 Å². The molecule has 0 radical (unpaired) electrons. The van der Waals surface area contributed by atoms with Gasteiger partial charge in [0.1, 0.15) is 12.6 Å². The minimum atomic E-state index is -0.450. The zero-order chi connectivity index (χ0) is 19.9. The first kappa shape index (κ1) is 19.9. The van der Waals surface area contributed by atoms with Crippen LogP contribution in [0.25, 0.3) is 0 Å². The van der Waals surface area contributed by atoms with Gasteiger partial charge in [-0.2, -0.15) is 0 Å². The number of likely N-dealkylation sites (tertiary alicyclic amines) is 1. The van der Waals surface area contributed by atoms with Gasteiger partial charge in [-0.05, 0) is 37.8 Å². The van der Waals surface area contributed by atoms with E-state index in [9.17, 15) is 9.59 Å². The van der Waals surface area contributed by atoms with Crippen LogP contribution in [0.2, 0.25) is 0 Å². The molecule has 148 valence electrons. The molecule has 1 aliphatic rings. The van der Waals surface area contributed by atoms with Crippen LogP contribution in [0.5, 0.6) is 0 Å². The second-order valence-corrected chi connectivity index (χ2v) is 7.44. The fraction of sp³-hybridized carbons (Fsp3) is 0.391. The molecular weight excluding hydrogens is 352 g/mol. The van der Waals surface area contributed by atoms with Crippen molar-refractivity contribution >= 4 is 12.0 Å². The molecule has 28 heavy (non-hydrogen) atoms. The van der Waals surface area contributed by atoms with Gasteiger partial charge in [0.15, 0.2) is 0 Å². The maximum absolute atomic E-state index is 13.3. The zero-order valence-electron chi connectivity index (χ0n) is 16.6. The number of nitrogens with zero attached hydrogens (tertiary/aromatic N) is 2. The predicted octanol–water partition coefficient (Wildman–Crippen LogP) is 4.22. The summed E-state index contributed by atoms with van der Waals surface area (Å²) in [6.07, 6.45) is 1.08. The third kappa shape index (κ3) is 4.91. The quantitative estimate of drug-likeness (QED) is 0.754. The third-order valence-electron chi connectivity index (χ3n) is 5.08. The van der Waals surface area contributed by atoms with E-state index in [-0.39, 0.29) is 18.6 Å².